The topological polar surface area (TPSA) is 56.0 Å². The quantitative estimate of drug-likeness (QED) is 0.540. The lowest BCUT2D eigenvalue weighted by Gasteiger charge is -2.32. The molecule has 2 fully saturated rings. The monoisotopic (exact) mass is 375 g/mol. The van der Waals surface area contributed by atoms with Gasteiger partial charge in [0.2, 0.25) is 0 Å². The number of likely N-dealkylation sites (N-methyl/N-ethyl adjacent to an activating group) is 1. The van der Waals surface area contributed by atoms with Gasteiger partial charge in [-0.2, -0.15) is 0 Å². The lowest BCUT2D eigenvalue weighted by atomic mass is 10.1. The molecule has 0 bridgehead atoms. The zero-order valence-corrected chi connectivity index (χ0v) is 17.1. The maximum Gasteiger partial charge on any atom is 0.191 e. The first-order chi connectivity index (χ1) is 13.3. The van der Waals surface area contributed by atoms with Crippen LogP contribution in [-0.2, 0) is 0 Å². The van der Waals surface area contributed by atoms with Gasteiger partial charge in [0.05, 0.1) is 18.8 Å². The first-order valence-electron chi connectivity index (χ1n) is 10.9. The third-order valence-corrected chi connectivity index (χ3v) is 5.88. The SMILES string of the molecule is CCNC(=NCC(c1ccco1)N1CCCCC1)NCC1CCCN1CC. The fourth-order valence-electron chi connectivity index (χ4n) is 4.37. The first kappa shape index (κ1) is 20.2. The predicted octanol–water partition coefficient (Wildman–Crippen LogP) is 2.85. The van der Waals surface area contributed by atoms with Crippen LogP contribution in [-0.4, -0.2) is 67.6 Å². The summed E-state index contributed by atoms with van der Waals surface area (Å²) in [5.41, 5.74) is 0. The van der Waals surface area contributed by atoms with E-state index in [1.165, 1.54) is 38.6 Å². The van der Waals surface area contributed by atoms with Gasteiger partial charge in [0.1, 0.15) is 5.76 Å². The predicted molar refractivity (Wildman–Crippen MR) is 111 cm³/mol. The van der Waals surface area contributed by atoms with Gasteiger partial charge >= 0.3 is 0 Å². The maximum atomic E-state index is 5.75. The zero-order valence-electron chi connectivity index (χ0n) is 17.1. The van der Waals surface area contributed by atoms with Crippen molar-refractivity contribution in [3.05, 3.63) is 24.2 Å². The normalized spacial score (nSPS) is 23.5. The van der Waals surface area contributed by atoms with E-state index in [0.29, 0.717) is 6.04 Å². The van der Waals surface area contributed by atoms with E-state index in [4.69, 9.17) is 9.41 Å². The van der Waals surface area contributed by atoms with E-state index in [2.05, 4.69) is 40.3 Å². The molecular formula is C21H37N5O. The van der Waals surface area contributed by atoms with Gasteiger partial charge in [-0.3, -0.25) is 14.8 Å². The Kier molecular flexibility index (Phi) is 8.02. The average molecular weight is 376 g/mol. The number of guanidine groups is 1. The van der Waals surface area contributed by atoms with Crippen molar-refractivity contribution in [3.63, 3.8) is 0 Å². The van der Waals surface area contributed by atoms with Gasteiger partial charge in [0.25, 0.3) is 0 Å². The number of nitrogens with zero attached hydrogens (tertiary/aromatic N) is 3. The van der Waals surface area contributed by atoms with E-state index in [9.17, 15) is 0 Å². The third-order valence-electron chi connectivity index (χ3n) is 5.88. The molecule has 2 aliphatic rings. The van der Waals surface area contributed by atoms with Gasteiger partial charge in [0.15, 0.2) is 5.96 Å². The molecule has 0 radical (unpaired) electrons. The molecule has 0 saturated carbocycles. The van der Waals surface area contributed by atoms with Gasteiger partial charge in [-0.05, 0) is 70.9 Å². The Labute approximate surface area is 164 Å². The van der Waals surface area contributed by atoms with Crippen molar-refractivity contribution in [2.45, 2.75) is 58.0 Å². The minimum absolute atomic E-state index is 0.231. The Morgan fingerprint density at radius 1 is 1.19 bits per heavy atom. The third kappa shape index (κ3) is 5.72. The van der Waals surface area contributed by atoms with Crippen LogP contribution in [0.2, 0.25) is 0 Å². The lowest BCUT2D eigenvalue weighted by molar-refractivity contribution is 0.150. The summed E-state index contributed by atoms with van der Waals surface area (Å²) >= 11 is 0. The van der Waals surface area contributed by atoms with Gasteiger partial charge in [-0.15, -0.1) is 0 Å². The summed E-state index contributed by atoms with van der Waals surface area (Å²) in [7, 11) is 0. The summed E-state index contributed by atoms with van der Waals surface area (Å²) in [6.45, 7) is 11.6. The van der Waals surface area contributed by atoms with Crippen LogP contribution in [0.3, 0.4) is 0 Å². The second-order valence-electron chi connectivity index (χ2n) is 7.65. The molecule has 6 heteroatoms. The van der Waals surface area contributed by atoms with E-state index in [-0.39, 0.29) is 6.04 Å². The summed E-state index contributed by atoms with van der Waals surface area (Å²) in [6, 6.07) is 4.93. The largest absolute Gasteiger partial charge is 0.468 e. The molecular weight excluding hydrogens is 338 g/mol. The molecule has 3 heterocycles. The van der Waals surface area contributed by atoms with Crippen molar-refractivity contribution >= 4 is 5.96 Å². The van der Waals surface area contributed by atoms with E-state index in [1.54, 1.807) is 6.26 Å². The zero-order chi connectivity index (χ0) is 18.9. The average Bonchev–Trinajstić information content (AvgIpc) is 3.39. The lowest BCUT2D eigenvalue weighted by Crippen LogP contribution is -2.45. The molecule has 0 aliphatic carbocycles. The van der Waals surface area contributed by atoms with Crippen molar-refractivity contribution in [3.8, 4) is 0 Å². The van der Waals surface area contributed by atoms with Crippen LogP contribution in [0.5, 0.6) is 0 Å². The van der Waals surface area contributed by atoms with E-state index in [1.807, 2.05) is 6.07 Å². The molecule has 2 unspecified atom stereocenters. The van der Waals surface area contributed by atoms with E-state index >= 15 is 0 Å². The molecule has 2 atom stereocenters. The molecule has 27 heavy (non-hydrogen) atoms. The second-order valence-corrected chi connectivity index (χ2v) is 7.65. The molecule has 152 valence electrons. The van der Waals surface area contributed by atoms with Crippen LogP contribution in [0.1, 0.15) is 57.8 Å². The van der Waals surface area contributed by atoms with Crippen molar-refractivity contribution < 1.29 is 4.42 Å². The highest BCUT2D eigenvalue weighted by molar-refractivity contribution is 5.79. The highest BCUT2D eigenvalue weighted by atomic mass is 16.3. The fourth-order valence-corrected chi connectivity index (χ4v) is 4.37. The summed E-state index contributed by atoms with van der Waals surface area (Å²) in [6.07, 6.45) is 8.25. The second kappa shape index (κ2) is 10.7. The molecule has 2 saturated heterocycles. The summed E-state index contributed by atoms with van der Waals surface area (Å²) in [5.74, 6) is 1.96. The number of piperidine rings is 1. The van der Waals surface area contributed by atoms with E-state index in [0.717, 1.165) is 51.0 Å². The Balaban J connectivity index is 1.62. The number of likely N-dealkylation sites (tertiary alicyclic amines) is 2. The van der Waals surface area contributed by atoms with Crippen LogP contribution < -0.4 is 10.6 Å². The van der Waals surface area contributed by atoms with Crippen molar-refractivity contribution in [2.24, 2.45) is 4.99 Å². The van der Waals surface area contributed by atoms with Crippen LogP contribution >= 0.6 is 0 Å². The minimum Gasteiger partial charge on any atom is -0.468 e. The summed E-state index contributed by atoms with van der Waals surface area (Å²) in [5, 5.41) is 6.99. The molecule has 0 spiro atoms. The molecule has 0 amide bonds. The summed E-state index contributed by atoms with van der Waals surface area (Å²) in [4.78, 5) is 10.0. The van der Waals surface area contributed by atoms with Gasteiger partial charge in [-0.1, -0.05) is 13.3 Å². The minimum atomic E-state index is 0.231. The number of hydrogen-bond acceptors (Lipinski definition) is 4. The van der Waals surface area contributed by atoms with Crippen molar-refractivity contribution in [1.82, 2.24) is 20.4 Å². The standard InChI is InChI=1S/C21H37N5O/c1-3-22-21(23-16-18-10-8-14-25(18)4-2)24-17-19(20-11-9-15-27-20)26-12-6-5-7-13-26/h9,11,15,18-19H,3-8,10,12-14,16-17H2,1-2H3,(H2,22,23,24). The molecule has 1 aromatic rings. The van der Waals surface area contributed by atoms with Gasteiger partial charge in [0, 0.05) is 19.1 Å². The number of rotatable bonds is 8. The molecule has 2 N–H and O–H groups in total. The smallest absolute Gasteiger partial charge is 0.191 e. The Morgan fingerprint density at radius 2 is 2.04 bits per heavy atom. The van der Waals surface area contributed by atoms with Gasteiger partial charge < -0.3 is 15.1 Å². The van der Waals surface area contributed by atoms with Crippen LogP contribution in [0.25, 0.3) is 0 Å². The Morgan fingerprint density at radius 3 is 2.74 bits per heavy atom. The molecule has 3 rings (SSSR count). The van der Waals surface area contributed by atoms with Crippen LogP contribution in [0.15, 0.2) is 27.8 Å². The molecule has 0 aromatic carbocycles. The number of aliphatic imine (C=N–C) groups is 1. The van der Waals surface area contributed by atoms with Gasteiger partial charge in [-0.25, -0.2) is 0 Å². The Hall–Kier alpha value is -1.53. The Bertz CT molecular complexity index is 553. The number of furan rings is 1. The fraction of sp³-hybridized carbons (Fsp3) is 0.762. The molecule has 6 nitrogen and oxygen atoms in total. The van der Waals surface area contributed by atoms with E-state index < -0.39 is 0 Å². The summed E-state index contributed by atoms with van der Waals surface area (Å²) < 4.78 is 5.75. The molecule has 1 aromatic heterocycles. The highest BCUT2D eigenvalue weighted by Crippen LogP contribution is 2.25. The number of nitrogens with one attached hydrogen (secondary N) is 2. The number of hydrogen-bond donors (Lipinski definition) is 2. The van der Waals surface area contributed by atoms with Crippen molar-refractivity contribution in [1.29, 1.82) is 0 Å². The first-order valence-corrected chi connectivity index (χ1v) is 10.9. The highest BCUT2D eigenvalue weighted by Gasteiger charge is 2.25. The molecule has 2 aliphatic heterocycles. The maximum absolute atomic E-state index is 5.75. The van der Waals surface area contributed by atoms with Crippen LogP contribution in [0, 0.1) is 0 Å². The van der Waals surface area contributed by atoms with Crippen LogP contribution in [0.4, 0.5) is 0 Å². The van der Waals surface area contributed by atoms with Crippen molar-refractivity contribution in [2.75, 3.05) is 45.8 Å².